The van der Waals surface area contributed by atoms with Gasteiger partial charge in [-0.2, -0.15) is 0 Å². The van der Waals surface area contributed by atoms with Crippen molar-refractivity contribution in [2.75, 3.05) is 27.4 Å². The summed E-state index contributed by atoms with van der Waals surface area (Å²) in [6.07, 6.45) is 0.574. The molecule has 0 saturated heterocycles. The monoisotopic (exact) mass is 466 g/mol. The molecule has 0 aliphatic carbocycles. The van der Waals surface area contributed by atoms with E-state index in [9.17, 15) is 19.3 Å². The first kappa shape index (κ1) is 23.0. The summed E-state index contributed by atoms with van der Waals surface area (Å²) in [5, 5.41) is 10.9. The lowest BCUT2D eigenvalue weighted by atomic mass is 9.91. The van der Waals surface area contributed by atoms with E-state index < -0.39 is 16.8 Å². The average Bonchev–Trinajstić information content (AvgIpc) is 2.86. The summed E-state index contributed by atoms with van der Waals surface area (Å²) in [7, 11) is 3.09. The van der Waals surface area contributed by atoms with Crippen LogP contribution in [0.15, 0.2) is 60.7 Å². The molecule has 4 rings (SSSR count). The smallest absolute Gasteiger partial charge is 0.269 e. The van der Waals surface area contributed by atoms with Crippen molar-refractivity contribution in [3.63, 3.8) is 0 Å². The summed E-state index contributed by atoms with van der Waals surface area (Å²) in [5.74, 6) is 0.713. The normalized spacial score (nSPS) is 14.8. The molecule has 0 fully saturated rings. The number of benzene rings is 3. The predicted molar refractivity (Wildman–Crippen MR) is 122 cm³/mol. The van der Waals surface area contributed by atoms with Crippen LogP contribution in [0, 0.1) is 15.9 Å². The minimum absolute atomic E-state index is 0.0462. The number of hydrogen-bond donors (Lipinski definition) is 0. The van der Waals surface area contributed by atoms with Crippen LogP contribution in [-0.4, -0.2) is 43.1 Å². The van der Waals surface area contributed by atoms with Crippen molar-refractivity contribution in [3.05, 3.63) is 93.3 Å². The van der Waals surface area contributed by atoms with Crippen molar-refractivity contribution in [2.24, 2.45) is 0 Å². The molecule has 0 spiro atoms. The van der Waals surface area contributed by atoms with Crippen LogP contribution in [0.3, 0.4) is 0 Å². The van der Waals surface area contributed by atoms with Crippen molar-refractivity contribution in [1.82, 2.24) is 4.90 Å². The molecule has 0 bridgehead atoms. The van der Waals surface area contributed by atoms with Crippen LogP contribution in [0.25, 0.3) is 0 Å². The van der Waals surface area contributed by atoms with Gasteiger partial charge in [0.05, 0.1) is 25.2 Å². The third kappa shape index (κ3) is 4.63. The van der Waals surface area contributed by atoms with Crippen LogP contribution in [0.2, 0.25) is 0 Å². The highest BCUT2D eigenvalue weighted by molar-refractivity contribution is 5.94. The Labute approximate surface area is 195 Å². The highest BCUT2D eigenvalue weighted by atomic mass is 19.1. The topological polar surface area (TPSA) is 91.1 Å². The average molecular weight is 466 g/mol. The number of rotatable bonds is 7. The van der Waals surface area contributed by atoms with Crippen molar-refractivity contribution in [3.8, 4) is 17.2 Å². The minimum Gasteiger partial charge on any atom is -0.493 e. The van der Waals surface area contributed by atoms with E-state index >= 15 is 0 Å². The number of halogens is 1. The second-order valence-corrected chi connectivity index (χ2v) is 7.74. The summed E-state index contributed by atoms with van der Waals surface area (Å²) in [5.41, 5.74) is 2.01. The van der Waals surface area contributed by atoms with Crippen LogP contribution in [0.4, 0.5) is 10.1 Å². The Morgan fingerprint density at radius 2 is 1.79 bits per heavy atom. The Bertz CT molecular complexity index is 1210. The molecule has 0 aromatic heterocycles. The summed E-state index contributed by atoms with van der Waals surface area (Å²) in [6.45, 7) is 0.480. The zero-order chi connectivity index (χ0) is 24.2. The molecule has 1 heterocycles. The van der Waals surface area contributed by atoms with Gasteiger partial charge in [-0.25, -0.2) is 4.39 Å². The number of nitro groups is 1. The van der Waals surface area contributed by atoms with Crippen molar-refractivity contribution >= 4 is 11.6 Å². The third-order valence-corrected chi connectivity index (χ3v) is 5.79. The molecule has 0 unspecified atom stereocenters. The van der Waals surface area contributed by atoms with Gasteiger partial charge in [0.15, 0.2) is 11.5 Å². The van der Waals surface area contributed by atoms with Crippen LogP contribution in [-0.2, 0) is 6.42 Å². The Morgan fingerprint density at radius 3 is 2.44 bits per heavy atom. The number of nitrogens with zero attached hydrogens (tertiary/aromatic N) is 2. The van der Waals surface area contributed by atoms with Crippen molar-refractivity contribution in [1.29, 1.82) is 0 Å². The van der Waals surface area contributed by atoms with Crippen LogP contribution in [0.1, 0.15) is 27.5 Å². The number of amides is 1. The third-order valence-electron chi connectivity index (χ3n) is 5.79. The maximum atomic E-state index is 13.8. The van der Waals surface area contributed by atoms with Gasteiger partial charge in [-0.05, 0) is 60.0 Å². The summed E-state index contributed by atoms with van der Waals surface area (Å²) in [4.78, 5) is 25.4. The fourth-order valence-electron chi connectivity index (χ4n) is 4.08. The van der Waals surface area contributed by atoms with Gasteiger partial charge >= 0.3 is 0 Å². The molecule has 0 saturated carbocycles. The molecule has 1 amide bonds. The molecule has 3 aromatic carbocycles. The highest BCUT2D eigenvalue weighted by Crippen LogP contribution is 2.39. The standard InChI is InChI=1S/C25H23FN2O6/c1-32-23-13-16-10-11-27(25(29)17-4-3-5-18(26)12-17)22(21(16)14-24(23)33-2)15-34-20-8-6-19(7-9-20)28(30)31/h3-9,12-14,22H,10-11,15H2,1-2H3/t22-/m0/s1. The second kappa shape index (κ2) is 9.78. The van der Waals surface area contributed by atoms with Crippen molar-refractivity contribution in [2.45, 2.75) is 12.5 Å². The molecule has 1 atom stereocenters. The predicted octanol–water partition coefficient (Wildman–Crippen LogP) is 4.57. The first-order valence-electron chi connectivity index (χ1n) is 10.6. The van der Waals surface area contributed by atoms with E-state index in [1.54, 1.807) is 18.1 Å². The lowest BCUT2D eigenvalue weighted by molar-refractivity contribution is -0.384. The first-order chi connectivity index (χ1) is 16.4. The van der Waals surface area contributed by atoms with Gasteiger partial charge in [0.25, 0.3) is 11.6 Å². The molecule has 9 heteroatoms. The zero-order valence-corrected chi connectivity index (χ0v) is 18.7. The van der Waals surface area contributed by atoms with Gasteiger partial charge < -0.3 is 19.1 Å². The quantitative estimate of drug-likeness (QED) is 0.374. The molecular formula is C25H23FN2O6. The number of non-ortho nitro benzene ring substituents is 1. The summed E-state index contributed by atoms with van der Waals surface area (Å²) < 4.78 is 30.6. The van der Waals surface area contributed by atoms with E-state index in [2.05, 4.69) is 0 Å². The molecule has 1 aliphatic heterocycles. The number of ether oxygens (including phenoxy) is 3. The largest absolute Gasteiger partial charge is 0.493 e. The van der Waals surface area contributed by atoms with Crippen LogP contribution >= 0.6 is 0 Å². The first-order valence-corrected chi connectivity index (χ1v) is 10.6. The molecule has 3 aromatic rings. The molecule has 1 aliphatic rings. The number of carbonyl (C=O) groups is 1. The van der Waals surface area contributed by atoms with E-state index in [0.717, 1.165) is 11.1 Å². The lowest BCUT2D eigenvalue weighted by Gasteiger charge is -2.37. The Hall–Kier alpha value is -4.14. The van der Waals surface area contributed by atoms with Gasteiger partial charge in [0, 0.05) is 24.2 Å². The number of hydrogen-bond acceptors (Lipinski definition) is 6. The van der Waals surface area contributed by atoms with Gasteiger partial charge in [-0.3, -0.25) is 14.9 Å². The van der Waals surface area contributed by atoms with Gasteiger partial charge in [-0.1, -0.05) is 6.07 Å². The number of nitro benzene ring substituents is 1. The highest BCUT2D eigenvalue weighted by Gasteiger charge is 2.33. The Balaban J connectivity index is 1.68. The SMILES string of the molecule is COc1cc2c(cc1OC)[C@H](COc1ccc([N+](=O)[O-])cc1)N(C(=O)c1cccc(F)c1)CC2. The molecular weight excluding hydrogens is 443 g/mol. The summed E-state index contributed by atoms with van der Waals surface area (Å²) in [6, 6.07) is 14.5. The van der Waals surface area contributed by atoms with Gasteiger partial charge in [0.1, 0.15) is 18.2 Å². The molecule has 0 radical (unpaired) electrons. The van der Waals surface area contributed by atoms with Crippen molar-refractivity contribution < 1.29 is 28.3 Å². The van der Waals surface area contributed by atoms with Gasteiger partial charge in [-0.15, -0.1) is 0 Å². The number of methoxy groups -OCH3 is 2. The maximum absolute atomic E-state index is 13.8. The number of fused-ring (bicyclic) bond motifs is 1. The summed E-state index contributed by atoms with van der Waals surface area (Å²) >= 11 is 0. The zero-order valence-electron chi connectivity index (χ0n) is 18.7. The van der Waals surface area contributed by atoms with Crippen LogP contribution in [0.5, 0.6) is 17.2 Å². The van der Waals surface area contributed by atoms with E-state index in [0.29, 0.717) is 30.2 Å². The van der Waals surface area contributed by atoms with E-state index in [4.69, 9.17) is 14.2 Å². The fraction of sp³-hybridized carbons (Fsp3) is 0.240. The molecule has 8 nitrogen and oxygen atoms in total. The molecule has 0 N–H and O–H groups in total. The fourth-order valence-corrected chi connectivity index (χ4v) is 4.08. The van der Waals surface area contributed by atoms with Crippen LogP contribution < -0.4 is 14.2 Å². The van der Waals surface area contributed by atoms with E-state index in [1.165, 1.54) is 49.6 Å². The number of carbonyl (C=O) groups excluding carboxylic acids is 1. The van der Waals surface area contributed by atoms with E-state index in [1.807, 2.05) is 12.1 Å². The maximum Gasteiger partial charge on any atom is 0.269 e. The molecule has 176 valence electrons. The Kier molecular flexibility index (Phi) is 6.62. The Morgan fingerprint density at radius 1 is 1.09 bits per heavy atom. The minimum atomic E-state index is -0.505. The van der Waals surface area contributed by atoms with E-state index in [-0.39, 0.29) is 23.8 Å². The second-order valence-electron chi connectivity index (χ2n) is 7.74. The van der Waals surface area contributed by atoms with Gasteiger partial charge in [0.2, 0.25) is 0 Å². The molecule has 34 heavy (non-hydrogen) atoms. The lowest BCUT2D eigenvalue weighted by Crippen LogP contribution is -2.42.